The molecule has 4 rings (SSSR count). The molecule has 0 saturated carbocycles. The lowest BCUT2D eigenvalue weighted by Crippen LogP contribution is -2.03. The zero-order chi connectivity index (χ0) is 13.5. The van der Waals surface area contributed by atoms with Crippen LogP contribution in [0.3, 0.4) is 0 Å². The fourth-order valence-electron chi connectivity index (χ4n) is 2.85. The van der Waals surface area contributed by atoms with E-state index in [1.165, 1.54) is 11.1 Å². The lowest BCUT2D eigenvalue weighted by atomic mass is 9.96. The summed E-state index contributed by atoms with van der Waals surface area (Å²) in [6.45, 7) is 0. The van der Waals surface area contributed by atoms with Crippen molar-refractivity contribution in [1.29, 1.82) is 0 Å². The Morgan fingerprint density at radius 3 is 2.70 bits per heavy atom. The first-order valence-electron chi connectivity index (χ1n) is 6.71. The molecule has 1 aliphatic rings. The highest BCUT2D eigenvalue weighted by Crippen LogP contribution is 2.44. The number of ether oxygens (including phenoxy) is 2. The van der Waals surface area contributed by atoms with Crippen molar-refractivity contribution in [2.24, 2.45) is 0 Å². The van der Waals surface area contributed by atoms with E-state index in [4.69, 9.17) is 9.47 Å². The van der Waals surface area contributed by atoms with Crippen LogP contribution in [0.2, 0.25) is 0 Å². The van der Waals surface area contributed by atoms with Crippen molar-refractivity contribution in [2.45, 2.75) is 6.42 Å². The fraction of sp³-hybridized carbons (Fsp3) is 0.111. The van der Waals surface area contributed by atoms with E-state index in [0.717, 1.165) is 34.4 Å². The molecule has 0 aliphatic carbocycles. The van der Waals surface area contributed by atoms with Crippen molar-refractivity contribution in [3.05, 3.63) is 65.7 Å². The molecule has 1 heterocycles. The molecule has 0 radical (unpaired) electrons. The van der Waals surface area contributed by atoms with Gasteiger partial charge in [0.15, 0.2) is 0 Å². The molecular formula is C18H14O2. The molecular weight excluding hydrogens is 248 g/mol. The Kier molecular flexibility index (Phi) is 2.43. The topological polar surface area (TPSA) is 18.5 Å². The first kappa shape index (κ1) is 11.4. The van der Waals surface area contributed by atoms with Gasteiger partial charge in [-0.1, -0.05) is 42.5 Å². The van der Waals surface area contributed by atoms with E-state index >= 15 is 0 Å². The molecule has 3 aromatic carbocycles. The highest BCUT2D eigenvalue weighted by molar-refractivity contribution is 5.95. The van der Waals surface area contributed by atoms with Crippen LogP contribution in [0.25, 0.3) is 10.8 Å². The summed E-state index contributed by atoms with van der Waals surface area (Å²) in [4.78, 5) is 0. The van der Waals surface area contributed by atoms with Crippen LogP contribution in [0.4, 0.5) is 0 Å². The summed E-state index contributed by atoms with van der Waals surface area (Å²) >= 11 is 0. The second-order valence-corrected chi connectivity index (χ2v) is 5.00. The zero-order valence-electron chi connectivity index (χ0n) is 11.2. The standard InChI is InChI=1S/C18H14O2/c1-19-16-8-4-6-12-9-10-14-11-13-5-2-3-7-15(13)20-18(14)17(12)16/h2-10H,11H2,1H3. The maximum Gasteiger partial charge on any atom is 0.142 e. The number of hydrogen-bond acceptors (Lipinski definition) is 2. The van der Waals surface area contributed by atoms with Crippen molar-refractivity contribution in [1.82, 2.24) is 0 Å². The third kappa shape index (κ3) is 1.58. The summed E-state index contributed by atoms with van der Waals surface area (Å²) in [7, 11) is 1.70. The van der Waals surface area contributed by atoms with Gasteiger partial charge < -0.3 is 9.47 Å². The van der Waals surface area contributed by atoms with Gasteiger partial charge in [0, 0.05) is 12.0 Å². The number of para-hydroxylation sites is 1. The summed E-state index contributed by atoms with van der Waals surface area (Å²) in [5.74, 6) is 2.73. The quantitative estimate of drug-likeness (QED) is 0.501. The summed E-state index contributed by atoms with van der Waals surface area (Å²) in [6.07, 6.45) is 0.902. The van der Waals surface area contributed by atoms with E-state index in [1.807, 2.05) is 24.3 Å². The number of benzene rings is 3. The van der Waals surface area contributed by atoms with Gasteiger partial charge in [-0.3, -0.25) is 0 Å². The van der Waals surface area contributed by atoms with Gasteiger partial charge in [-0.25, -0.2) is 0 Å². The fourth-order valence-corrected chi connectivity index (χ4v) is 2.85. The van der Waals surface area contributed by atoms with Gasteiger partial charge >= 0.3 is 0 Å². The Morgan fingerprint density at radius 1 is 0.900 bits per heavy atom. The zero-order valence-corrected chi connectivity index (χ0v) is 11.2. The lowest BCUT2D eigenvalue weighted by molar-refractivity contribution is 0.415. The average Bonchev–Trinajstić information content (AvgIpc) is 2.52. The molecule has 20 heavy (non-hydrogen) atoms. The van der Waals surface area contributed by atoms with Crippen molar-refractivity contribution >= 4 is 10.8 Å². The molecule has 0 fully saturated rings. The smallest absolute Gasteiger partial charge is 0.142 e. The van der Waals surface area contributed by atoms with Crippen molar-refractivity contribution < 1.29 is 9.47 Å². The molecule has 0 spiro atoms. The van der Waals surface area contributed by atoms with Crippen LogP contribution in [0.5, 0.6) is 17.2 Å². The van der Waals surface area contributed by atoms with Crippen LogP contribution >= 0.6 is 0 Å². The van der Waals surface area contributed by atoms with E-state index in [-0.39, 0.29) is 0 Å². The largest absolute Gasteiger partial charge is 0.496 e. The Hall–Kier alpha value is -2.48. The number of methoxy groups -OCH3 is 1. The molecule has 0 aromatic heterocycles. The van der Waals surface area contributed by atoms with Crippen LogP contribution < -0.4 is 9.47 Å². The predicted octanol–water partition coefficient (Wildman–Crippen LogP) is 4.54. The molecule has 0 atom stereocenters. The molecule has 0 N–H and O–H groups in total. The van der Waals surface area contributed by atoms with Crippen molar-refractivity contribution in [3.63, 3.8) is 0 Å². The minimum Gasteiger partial charge on any atom is -0.496 e. The maximum atomic E-state index is 6.15. The van der Waals surface area contributed by atoms with Crippen LogP contribution in [-0.4, -0.2) is 7.11 Å². The Morgan fingerprint density at radius 2 is 1.80 bits per heavy atom. The molecule has 0 saturated heterocycles. The van der Waals surface area contributed by atoms with E-state index < -0.39 is 0 Å². The van der Waals surface area contributed by atoms with Gasteiger partial charge in [0.2, 0.25) is 0 Å². The third-order valence-corrected chi connectivity index (χ3v) is 3.83. The summed E-state index contributed by atoms with van der Waals surface area (Å²) < 4.78 is 11.7. The minimum absolute atomic E-state index is 0.860. The maximum absolute atomic E-state index is 6.15. The van der Waals surface area contributed by atoms with Crippen LogP contribution in [-0.2, 0) is 6.42 Å². The van der Waals surface area contributed by atoms with E-state index in [2.05, 4.69) is 30.3 Å². The molecule has 98 valence electrons. The predicted molar refractivity (Wildman–Crippen MR) is 79.8 cm³/mol. The molecule has 0 amide bonds. The highest BCUT2D eigenvalue weighted by Gasteiger charge is 2.20. The normalized spacial score (nSPS) is 12.4. The van der Waals surface area contributed by atoms with Gasteiger partial charge in [0.1, 0.15) is 17.2 Å². The van der Waals surface area contributed by atoms with Gasteiger partial charge in [0.05, 0.1) is 12.5 Å². The van der Waals surface area contributed by atoms with Gasteiger partial charge in [-0.2, -0.15) is 0 Å². The van der Waals surface area contributed by atoms with Crippen molar-refractivity contribution in [2.75, 3.05) is 7.11 Å². The number of rotatable bonds is 1. The van der Waals surface area contributed by atoms with Crippen LogP contribution in [0, 0.1) is 0 Å². The van der Waals surface area contributed by atoms with Gasteiger partial charge in [-0.05, 0) is 23.1 Å². The van der Waals surface area contributed by atoms with Crippen molar-refractivity contribution in [3.8, 4) is 17.2 Å². The SMILES string of the molecule is COc1cccc2ccc3c(c12)Oc1ccccc1C3. The highest BCUT2D eigenvalue weighted by atomic mass is 16.5. The lowest BCUT2D eigenvalue weighted by Gasteiger charge is -2.22. The summed E-state index contributed by atoms with van der Waals surface area (Å²) in [5, 5.41) is 2.20. The second kappa shape index (κ2) is 4.27. The average molecular weight is 262 g/mol. The Bertz CT molecular complexity index is 806. The molecule has 2 heteroatoms. The Balaban J connectivity index is 2.00. The molecule has 3 aromatic rings. The van der Waals surface area contributed by atoms with Crippen LogP contribution in [0.15, 0.2) is 54.6 Å². The molecule has 0 unspecified atom stereocenters. The van der Waals surface area contributed by atoms with Crippen LogP contribution in [0.1, 0.15) is 11.1 Å². The third-order valence-electron chi connectivity index (χ3n) is 3.83. The van der Waals surface area contributed by atoms with E-state index in [9.17, 15) is 0 Å². The van der Waals surface area contributed by atoms with E-state index in [0.29, 0.717) is 0 Å². The van der Waals surface area contributed by atoms with Gasteiger partial charge in [0.25, 0.3) is 0 Å². The van der Waals surface area contributed by atoms with Gasteiger partial charge in [-0.15, -0.1) is 0 Å². The minimum atomic E-state index is 0.860. The summed E-state index contributed by atoms with van der Waals surface area (Å²) in [6, 6.07) is 18.5. The van der Waals surface area contributed by atoms with E-state index in [1.54, 1.807) is 7.11 Å². The first-order valence-corrected chi connectivity index (χ1v) is 6.71. The first-order chi connectivity index (χ1) is 9.86. The number of hydrogen-bond donors (Lipinski definition) is 0. The summed E-state index contributed by atoms with van der Waals surface area (Å²) in [5.41, 5.74) is 2.44. The molecule has 1 aliphatic heterocycles. The second-order valence-electron chi connectivity index (χ2n) is 5.00. The molecule has 0 bridgehead atoms. The molecule has 2 nitrogen and oxygen atoms in total. The number of fused-ring (bicyclic) bond motifs is 4. The Labute approximate surface area is 117 Å². The monoisotopic (exact) mass is 262 g/mol.